The molecule has 0 aliphatic heterocycles. The van der Waals surface area contributed by atoms with E-state index in [2.05, 4.69) is 31.1 Å². The summed E-state index contributed by atoms with van der Waals surface area (Å²) < 4.78 is 21.0. The number of nitrogens with zero attached hydrogens (tertiary/aromatic N) is 4. The lowest BCUT2D eigenvalue weighted by atomic mass is 10.2. The molecule has 0 saturated carbocycles. The zero-order valence-corrected chi connectivity index (χ0v) is 12.4. The highest BCUT2D eigenvalue weighted by Gasteiger charge is 2.14. The summed E-state index contributed by atoms with van der Waals surface area (Å²) in [7, 11) is 0. The second-order valence-corrected chi connectivity index (χ2v) is 5.28. The Labute approximate surface area is 127 Å². The lowest BCUT2D eigenvalue weighted by molar-refractivity contribution is 0.431. The summed E-state index contributed by atoms with van der Waals surface area (Å²) in [6.07, 6.45) is 3.41. The largest absolute Gasteiger partial charge is 0.335 e. The second kappa shape index (κ2) is 5.74. The van der Waals surface area contributed by atoms with Crippen molar-refractivity contribution in [2.75, 3.05) is 6.54 Å². The molecule has 0 radical (unpaired) electrons. The predicted molar refractivity (Wildman–Crippen MR) is 77.7 cm³/mol. The molecule has 2 N–H and O–H groups in total. The fraction of sp³-hybridized carbons (Fsp3) is 0.154. The Morgan fingerprint density at radius 3 is 2.95 bits per heavy atom. The molecule has 6 nitrogen and oxygen atoms in total. The molecule has 8 heteroatoms. The number of aromatic nitrogens is 4. The van der Waals surface area contributed by atoms with Crippen LogP contribution in [0, 0.1) is 5.82 Å². The lowest BCUT2D eigenvalue weighted by Crippen LogP contribution is -2.07. The van der Waals surface area contributed by atoms with Crippen molar-refractivity contribution in [1.29, 1.82) is 0 Å². The van der Waals surface area contributed by atoms with Gasteiger partial charge in [0.2, 0.25) is 5.82 Å². The molecule has 3 aromatic rings. The van der Waals surface area contributed by atoms with Crippen LogP contribution in [0.25, 0.3) is 23.0 Å². The van der Waals surface area contributed by atoms with Gasteiger partial charge in [-0.1, -0.05) is 21.1 Å². The van der Waals surface area contributed by atoms with Crippen molar-refractivity contribution in [2.45, 2.75) is 6.54 Å². The molecule has 1 aromatic carbocycles. The minimum Gasteiger partial charge on any atom is -0.335 e. The van der Waals surface area contributed by atoms with E-state index in [4.69, 9.17) is 10.3 Å². The van der Waals surface area contributed by atoms with Gasteiger partial charge in [0.05, 0.1) is 6.33 Å². The van der Waals surface area contributed by atoms with Crippen LogP contribution in [0.2, 0.25) is 0 Å². The van der Waals surface area contributed by atoms with Gasteiger partial charge in [0.15, 0.2) is 0 Å². The number of halogens is 2. The highest BCUT2D eigenvalue weighted by atomic mass is 79.9. The van der Waals surface area contributed by atoms with Gasteiger partial charge in [0, 0.05) is 29.3 Å². The van der Waals surface area contributed by atoms with Gasteiger partial charge in [-0.25, -0.2) is 9.37 Å². The van der Waals surface area contributed by atoms with Crippen molar-refractivity contribution in [2.24, 2.45) is 5.73 Å². The summed E-state index contributed by atoms with van der Waals surface area (Å²) in [6.45, 7) is 1.17. The van der Waals surface area contributed by atoms with Gasteiger partial charge in [-0.15, -0.1) is 0 Å². The molecule has 0 fully saturated rings. The second-order valence-electron chi connectivity index (χ2n) is 4.37. The van der Waals surface area contributed by atoms with E-state index in [-0.39, 0.29) is 11.7 Å². The van der Waals surface area contributed by atoms with Crippen LogP contribution in [-0.4, -0.2) is 26.2 Å². The third-order valence-electron chi connectivity index (χ3n) is 2.79. The highest BCUT2D eigenvalue weighted by molar-refractivity contribution is 9.10. The molecule has 3 rings (SSSR count). The minimum atomic E-state index is -0.377. The van der Waals surface area contributed by atoms with Crippen molar-refractivity contribution in [1.82, 2.24) is 19.7 Å². The van der Waals surface area contributed by atoms with E-state index >= 15 is 0 Å². The fourth-order valence-electron chi connectivity index (χ4n) is 1.87. The van der Waals surface area contributed by atoms with E-state index in [1.807, 2.05) is 4.57 Å². The Balaban J connectivity index is 1.91. The molecular weight excluding hydrogens is 341 g/mol. The van der Waals surface area contributed by atoms with Crippen molar-refractivity contribution in [3.05, 3.63) is 41.0 Å². The highest BCUT2D eigenvalue weighted by Crippen LogP contribution is 2.24. The topological polar surface area (TPSA) is 82.8 Å². The zero-order valence-electron chi connectivity index (χ0n) is 10.8. The van der Waals surface area contributed by atoms with Crippen LogP contribution in [0.15, 0.2) is 39.7 Å². The van der Waals surface area contributed by atoms with Crippen LogP contribution >= 0.6 is 15.9 Å². The smallest absolute Gasteiger partial charge is 0.278 e. The molecule has 0 aliphatic rings. The fourth-order valence-corrected chi connectivity index (χ4v) is 2.33. The average molecular weight is 352 g/mol. The first kappa shape index (κ1) is 13.9. The molecule has 108 valence electrons. The van der Waals surface area contributed by atoms with Gasteiger partial charge in [-0.05, 0) is 18.2 Å². The molecule has 0 atom stereocenters. The quantitative estimate of drug-likeness (QED) is 0.780. The molecule has 0 saturated heterocycles. The Bertz CT molecular complexity index is 749. The number of hydrogen-bond donors (Lipinski definition) is 1. The molecule has 21 heavy (non-hydrogen) atoms. The first-order valence-electron chi connectivity index (χ1n) is 6.18. The van der Waals surface area contributed by atoms with Gasteiger partial charge in [-0.2, -0.15) is 4.98 Å². The number of hydrogen-bond acceptors (Lipinski definition) is 5. The molecule has 0 unspecified atom stereocenters. The lowest BCUT2D eigenvalue weighted by Gasteiger charge is -1.96. The third-order valence-corrected chi connectivity index (χ3v) is 3.24. The molecule has 2 heterocycles. The van der Waals surface area contributed by atoms with Gasteiger partial charge >= 0.3 is 0 Å². The van der Waals surface area contributed by atoms with Crippen LogP contribution in [0.4, 0.5) is 4.39 Å². The number of benzene rings is 1. The SMILES string of the molecule is NCCn1cnc(-c2nc(-c3cc(F)cc(Br)c3)no2)c1. The molecule has 0 spiro atoms. The Kier molecular flexibility index (Phi) is 3.80. The van der Waals surface area contributed by atoms with Crippen molar-refractivity contribution in [3.63, 3.8) is 0 Å². The zero-order chi connectivity index (χ0) is 14.8. The van der Waals surface area contributed by atoms with Crippen LogP contribution in [-0.2, 0) is 6.54 Å². The van der Waals surface area contributed by atoms with Gasteiger partial charge in [0.25, 0.3) is 5.89 Å². The number of rotatable bonds is 4. The summed E-state index contributed by atoms with van der Waals surface area (Å²) >= 11 is 3.23. The predicted octanol–water partition coefficient (Wildman–Crippen LogP) is 2.46. The average Bonchev–Trinajstić information content (AvgIpc) is 3.06. The normalized spacial score (nSPS) is 11.0. The molecular formula is C13H11BrFN5O. The van der Waals surface area contributed by atoms with E-state index in [9.17, 15) is 4.39 Å². The van der Waals surface area contributed by atoms with Crippen molar-refractivity contribution < 1.29 is 8.91 Å². The first-order chi connectivity index (χ1) is 10.2. The van der Waals surface area contributed by atoms with Crippen LogP contribution in [0.3, 0.4) is 0 Å². The van der Waals surface area contributed by atoms with Crippen LogP contribution in [0.5, 0.6) is 0 Å². The monoisotopic (exact) mass is 351 g/mol. The summed E-state index contributed by atoms with van der Waals surface area (Å²) in [5.74, 6) is 0.206. The van der Waals surface area contributed by atoms with Crippen LogP contribution < -0.4 is 5.73 Å². The van der Waals surface area contributed by atoms with E-state index in [0.717, 1.165) is 0 Å². The van der Waals surface area contributed by atoms with Crippen LogP contribution in [0.1, 0.15) is 0 Å². The van der Waals surface area contributed by atoms with Gasteiger partial charge in [0.1, 0.15) is 11.5 Å². The molecule has 0 bridgehead atoms. The molecule has 2 aromatic heterocycles. The Morgan fingerprint density at radius 1 is 1.33 bits per heavy atom. The Hall–Kier alpha value is -2.06. The summed E-state index contributed by atoms with van der Waals surface area (Å²) in [5.41, 5.74) is 6.56. The molecule has 0 aliphatic carbocycles. The summed E-state index contributed by atoms with van der Waals surface area (Å²) in [6, 6.07) is 4.41. The Morgan fingerprint density at radius 2 is 2.19 bits per heavy atom. The maximum absolute atomic E-state index is 13.4. The van der Waals surface area contributed by atoms with Crippen molar-refractivity contribution in [3.8, 4) is 23.0 Å². The van der Waals surface area contributed by atoms with Crippen molar-refractivity contribution >= 4 is 15.9 Å². The van der Waals surface area contributed by atoms with Gasteiger partial charge < -0.3 is 14.8 Å². The van der Waals surface area contributed by atoms with E-state index in [0.29, 0.717) is 34.6 Å². The minimum absolute atomic E-state index is 0.279. The first-order valence-corrected chi connectivity index (χ1v) is 6.97. The summed E-state index contributed by atoms with van der Waals surface area (Å²) in [5, 5.41) is 3.85. The third kappa shape index (κ3) is 3.01. The number of nitrogens with two attached hydrogens (primary N) is 1. The standard InChI is InChI=1S/C13H11BrFN5O/c14-9-3-8(4-10(15)5-9)12-18-13(21-19-12)11-6-20(2-1-16)7-17-11/h3-7H,1-2,16H2. The maximum atomic E-state index is 13.4. The number of imidazole rings is 1. The maximum Gasteiger partial charge on any atom is 0.278 e. The van der Waals surface area contributed by atoms with E-state index in [1.54, 1.807) is 18.6 Å². The molecule has 0 amide bonds. The summed E-state index contributed by atoms with van der Waals surface area (Å²) in [4.78, 5) is 8.41. The van der Waals surface area contributed by atoms with E-state index in [1.165, 1.54) is 12.1 Å². The van der Waals surface area contributed by atoms with Gasteiger partial charge in [-0.3, -0.25) is 0 Å². The van der Waals surface area contributed by atoms with E-state index < -0.39 is 0 Å².